The Kier molecular flexibility index (Phi) is 7.12. The van der Waals surface area contributed by atoms with Gasteiger partial charge in [0.05, 0.1) is 21.8 Å². The smallest absolute Gasteiger partial charge is 0.339 e. The van der Waals surface area contributed by atoms with Crippen molar-refractivity contribution >= 4 is 71.9 Å². The Bertz CT molecular complexity index is 1370. The number of pyridine rings is 1. The van der Waals surface area contributed by atoms with Gasteiger partial charge in [0.25, 0.3) is 5.91 Å². The van der Waals surface area contributed by atoms with Crippen molar-refractivity contribution in [2.24, 2.45) is 0 Å². The summed E-state index contributed by atoms with van der Waals surface area (Å²) in [6, 6.07) is 20.1. The van der Waals surface area contributed by atoms with Gasteiger partial charge in [-0.25, -0.2) is 9.78 Å². The number of nitrogens with zero attached hydrogens (tertiary/aromatic N) is 1. The first-order chi connectivity index (χ1) is 15.8. The summed E-state index contributed by atoms with van der Waals surface area (Å²) in [7, 11) is 0. The summed E-state index contributed by atoms with van der Waals surface area (Å²) in [5.41, 5.74) is 3.88. The van der Waals surface area contributed by atoms with Crippen LogP contribution in [0.25, 0.3) is 22.2 Å². The van der Waals surface area contributed by atoms with Crippen molar-refractivity contribution in [1.82, 2.24) is 4.98 Å². The number of esters is 1. The number of aromatic nitrogens is 1. The number of carbonyl (C=O) groups is 2. The van der Waals surface area contributed by atoms with E-state index in [2.05, 4.69) is 42.2 Å². The van der Waals surface area contributed by atoms with Crippen LogP contribution in [0.3, 0.4) is 0 Å². The molecular weight excluding hydrogens is 572 g/mol. The Hall–Kier alpha value is -2.74. The van der Waals surface area contributed by atoms with Crippen molar-refractivity contribution in [3.63, 3.8) is 0 Å². The van der Waals surface area contributed by atoms with E-state index in [9.17, 15) is 9.59 Å². The lowest BCUT2D eigenvalue weighted by Crippen LogP contribution is -2.21. The van der Waals surface area contributed by atoms with Crippen LogP contribution < -0.4 is 5.32 Å². The number of aryl methyl sites for hydroxylation is 1. The summed E-state index contributed by atoms with van der Waals surface area (Å²) in [5.74, 6) is -1.07. The standard InChI is InChI=1S/C25H17Br2ClN2O3/c1-14-10-19(27)20(28)12-22(14)30-24(31)13-33-25(32)18-11-23(15-6-8-16(26)9-7-15)29-21-5-3-2-4-17(18)21/h2-12H,13H2,1H3,(H,30,31). The minimum absolute atomic E-state index is 0.342. The molecule has 0 aliphatic heterocycles. The molecule has 0 bridgehead atoms. The summed E-state index contributed by atoms with van der Waals surface area (Å²) in [6.45, 7) is 1.41. The number of carbonyl (C=O) groups excluding carboxylic acids is 2. The van der Waals surface area contributed by atoms with Crippen LogP contribution in [0, 0.1) is 6.92 Å². The number of benzene rings is 3. The average molecular weight is 589 g/mol. The number of para-hydroxylation sites is 1. The summed E-state index contributed by atoms with van der Waals surface area (Å²) >= 11 is 12.9. The number of anilines is 1. The van der Waals surface area contributed by atoms with Crippen LogP contribution in [0.5, 0.6) is 0 Å². The second kappa shape index (κ2) is 10.0. The van der Waals surface area contributed by atoms with E-state index in [1.165, 1.54) is 0 Å². The van der Waals surface area contributed by atoms with Crippen molar-refractivity contribution in [3.8, 4) is 11.3 Å². The highest BCUT2D eigenvalue weighted by Gasteiger charge is 2.17. The predicted molar refractivity (Wildman–Crippen MR) is 138 cm³/mol. The second-order valence-electron chi connectivity index (χ2n) is 7.28. The van der Waals surface area contributed by atoms with E-state index < -0.39 is 18.5 Å². The first-order valence-corrected chi connectivity index (χ1v) is 11.9. The van der Waals surface area contributed by atoms with E-state index in [1.54, 1.807) is 24.3 Å². The fraction of sp³-hybridized carbons (Fsp3) is 0.0800. The summed E-state index contributed by atoms with van der Waals surface area (Å²) < 4.78 is 7.02. The lowest BCUT2D eigenvalue weighted by Gasteiger charge is -2.12. The maximum atomic E-state index is 13.0. The number of hydrogen-bond acceptors (Lipinski definition) is 4. The lowest BCUT2D eigenvalue weighted by molar-refractivity contribution is -0.119. The van der Waals surface area contributed by atoms with Gasteiger partial charge in [0.1, 0.15) is 0 Å². The molecule has 0 saturated carbocycles. The number of hydrogen-bond donors (Lipinski definition) is 1. The summed E-state index contributed by atoms with van der Waals surface area (Å²) in [6.07, 6.45) is 0. The normalized spacial score (nSPS) is 10.8. The van der Waals surface area contributed by atoms with Crippen LogP contribution in [-0.2, 0) is 9.53 Å². The van der Waals surface area contributed by atoms with Gasteiger partial charge in [-0.05, 0) is 64.8 Å². The van der Waals surface area contributed by atoms with E-state index in [4.69, 9.17) is 16.3 Å². The van der Waals surface area contributed by atoms with E-state index in [1.807, 2.05) is 49.4 Å². The highest BCUT2D eigenvalue weighted by molar-refractivity contribution is 9.10. The van der Waals surface area contributed by atoms with Crippen LogP contribution in [0.15, 0.2) is 75.7 Å². The molecule has 0 saturated heterocycles. The van der Waals surface area contributed by atoms with Gasteiger partial charge in [-0.3, -0.25) is 4.79 Å². The molecule has 1 amide bonds. The first kappa shape index (κ1) is 23.4. The molecule has 0 aliphatic carbocycles. The largest absolute Gasteiger partial charge is 0.452 e. The van der Waals surface area contributed by atoms with Crippen LogP contribution in [0.2, 0.25) is 5.02 Å². The maximum Gasteiger partial charge on any atom is 0.339 e. The molecule has 1 heterocycles. The van der Waals surface area contributed by atoms with E-state index in [0.717, 1.165) is 20.1 Å². The maximum absolute atomic E-state index is 13.0. The topological polar surface area (TPSA) is 68.3 Å². The van der Waals surface area contributed by atoms with Crippen molar-refractivity contribution < 1.29 is 14.3 Å². The highest BCUT2D eigenvalue weighted by atomic mass is 79.9. The Balaban J connectivity index is 1.56. The fourth-order valence-electron chi connectivity index (χ4n) is 3.29. The first-order valence-electron chi connectivity index (χ1n) is 9.90. The Labute approximate surface area is 212 Å². The second-order valence-corrected chi connectivity index (χ2v) is 9.46. The minimum atomic E-state index is -0.604. The number of fused-ring (bicyclic) bond motifs is 1. The molecule has 5 nitrogen and oxygen atoms in total. The molecule has 0 radical (unpaired) electrons. The molecule has 1 aromatic heterocycles. The van der Waals surface area contributed by atoms with Gasteiger partial charge in [-0.1, -0.05) is 57.9 Å². The van der Waals surface area contributed by atoms with Gasteiger partial charge in [0.2, 0.25) is 0 Å². The van der Waals surface area contributed by atoms with Gasteiger partial charge in [0.15, 0.2) is 6.61 Å². The molecule has 3 aromatic carbocycles. The minimum Gasteiger partial charge on any atom is -0.452 e. The van der Waals surface area contributed by atoms with Gasteiger partial charge in [0, 0.05) is 25.6 Å². The molecule has 0 atom stereocenters. The quantitative estimate of drug-likeness (QED) is 0.251. The van der Waals surface area contributed by atoms with Crippen LogP contribution in [0.4, 0.5) is 5.69 Å². The number of halogens is 3. The number of ether oxygens (including phenoxy) is 1. The van der Waals surface area contributed by atoms with Crippen LogP contribution in [0.1, 0.15) is 15.9 Å². The third-order valence-electron chi connectivity index (χ3n) is 4.95. The van der Waals surface area contributed by atoms with Crippen molar-refractivity contribution in [2.75, 3.05) is 11.9 Å². The van der Waals surface area contributed by atoms with E-state index in [-0.39, 0.29) is 0 Å². The molecule has 166 valence electrons. The zero-order valence-corrected chi connectivity index (χ0v) is 21.3. The molecular formula is C25H17Br2ClN2O3. The molecule has 1 N–H and O–H groups in total. The van der Waals surface area contributed by atoms with Gasteiger partial charge in [-0.2, -0.15) is 0 Å². The van der Waals surface area contributed by atoms with Gasteiger partial charge < -0.3 is 10.1 Å². The Morgan fingerprint density at radius 3 is 2.52 bits per heavy atom. The van der Waals surface area contributed by atoms with Crippen molar-refractivity contribution in [3.05, 3.63) is 91.8 Å². The lowest BCUT2D eigenvalue weighted by atomic mass is 10.0. The number of rotatable bonds is 5. The molecule has 33 heavy (non-hydrogen) atoms. The molecule has 0 fully saturated rings. The Morgan fingerprint density at radius 2 is 1.76 bits per heavy atom. The molecule has 4 rings (SSSR count). The summed E-state index contributed by atoms with van der Waals surface area (Å²) in [5, 5.41) is 3.85. The summed E-state index contributed by atoms with van der Waals surface area (Å²) in [4.78, 5) is 30.1. The third kappa shape index (κ3) is 5.43. The molecule has 0 aliphatic rings. The molecule has 0 spiro atoms. The van der Waals surface area contributed by atoms with Gasteiger partial charge >= 0.3 is 5.97 Å². The van der Waals surface area contributed by atoms with E-state index in [0.29, 0.717) is 32.9 Å². The fourth-order valence-corrected chi connectivity index (χ4v) is 4.17. The molecule has 8 heteroatoms. The van der Waals surface area contributed by atoms with Crippen LogP contribution in [-0.4, -0.2) is 23.5 Å². The predicted octanol–water partition coefficient (Wildman–Crippen LogP) is 7.18. The number of amides is 1. The van der Waals surface area contributed by atoms with Crippen LogP contribution >= 0.6 is 43.5 Å². The molecule has 4 aromatic rings. The van der Waals surface area contributed by atoms with Crippen molar-refractivity contribution in [1.29, 1.82) is 0 Å². The third-order valence-corrected chi connectivity index (χ3v) is 6.68. The average Bonchev–Trinajstić information content (AvgIpc) is 2.80. The zero-order valence-electron chi connectivity index (χ0n) is 17.4. The number of nitrogens with one attached hydrogen (secondary N) is 1. The SMILES string of the molecule is Cc1cc(Br)c(Cl)cc1NC(=O)COC(=O)c1cc(-c2ccc(Br)cc2)nc2ccccc12. The zero-order chi connectivity index (χ0) is 23.5. The van der Waals surface area contributed by atoms with Gasteiger partial charge in [-0.15, -0.1) is 0 Å². The van der Waals surface area contributed by atoms with E-state index >= 15 is 0 Å². The highest BCUT2D eigenvalue weighted by Crippen LogP contribution is 2.29. The molecule has 0 unspecified atom stereocenters. The monoisotopic (exact) mass is 586 g/mol. The Morgan fingerprint density at radius 1 is 1.03 bits per heavy atom. The van der Waals surface area contributed by atoms with Crippen molar-refractivity contribution in [2.45, 2.75) is 6.92 Å².